The topological polar surface area (TPSA) is 78.3 Å². The maximum Gasteiger partial charge on any atom is 0.420 e. The normalized spacial score (nSPS) is 17.3. The van der Waals surface area contributed by atoms with Crippen LogP contribution in [0.2, 0.25) is 0 Å². The van der Waals surface area contributed by atoms with Crippen molar-refractivity contribution in [2.75, 3.05) is 6.61 Å². The van der Waals surface area contributed by atoms with E-state index in [0.717, 1.165) is 17.4 Å². The number of Topliss-reactive ketones (excluding diaryl/α,β-unsaturated/α-hetero) is 2. The minimum atomic E-state index is -0.746. The van der Waals surface area contributed by atoms with Crippen LogP contribution in [-0.2, 0) is 4.74 Å². The lowest BCUT2D eigenvalue weighted by atomic mass is 9.90. The molecule has 6 heteroatoms. The van der Waals surface area contributed by atoms with E-state index in [2.05, 4.69) is 16.8 Å². The van der Waals surface area contributed by atoms with Gasteiger partial charge < -0.3 is 4.74 Å². The second-order valence-electron chi connectivity index (χ2n) is 7.33. The predicted octanol–water partition coefficient (Wildman–Crippen LogP) is 4.01. The van der Waals surface area contributed by atoms with Crippen LogP contribution in [0.4, 0.5) is 4.79 Å². The van der Waals surface area contributed by atoms with Gasteiger partial charge in [-0.1, -0.05) is 56.2 Å². The maximum atomic E-state index is 13.0. The Balaban J connectivity index is 1.75. The molecule has 1 unspecified atom stereocenters. The molecule has 1 aromatic carbocycles. The van der Waals surface area contributed by atoms with E-state index in [4.69, 9.17) is 4.74 Å². The van der Waals surface area contributed by atoms with E-state index in [-0.39, 0.29) is 24.1 Å². The van der Waals surface area contributed by atoms with Crippen molar-refractivity contribution in [3.8, 4) is 23.1 Å². The van der Waals surface area contributed by atoms with E-state index in [1.54, 1.807) is 24.3 Å². The first kappa shape index (κ1) is 18.9. The van der Waals surface area contributed by atoms with Gasteiger partial charge in [0.15, 0.2) is 0 Å². The number of imidazole rings is 1. The van der Waals surface area contributed by atoms with E-state index < -0.39 is 17.7 Å². The molecule has 1 aromatic heterocycles. The van der Waals surface area contributed by atoms with Gasteiger partial charge in [0.05, 0.1) is 5.92 Å². The van der Waals surface area contributed by atoms with Crippen LogP contribution in [0, 0.1) is 17.8 Å². The second-order valence-corrected chi connectivity index (χ2v) is 7.33. The molecule has 0 saturated heterocycles. The van der Waals surface area contributed by atoms with Crippen molar-refractivity contribution in [1.82, 2.24) is 9.55 Å². The third-order valence-corrected chi connectivity index (χ3v) is 4.93. The average Bonchev–Trinajstić information content (AvgIpc) is 2.94. The Bertz CT molecular complexity index is 1110. The maximum absolute atomic E-state index is 13.0. The number of carbonyl (C=O) groups is 3. The summed E-state index contributed by atoms with van der Waals surface area (Å²) in [4.78, 5) is 43.0. The molecule has 1 atom stereocenters. The molecule has 4 rings (SSSR count). The van der Waals surface area contributed by atoms with Crippen LogP contribution in [0.15, 0.2) is 36.4 Å². The van der Waals surface area contributed by atoms with Gasteiger partial charge in [0.1, 0.15) is 23.8 Å². The quantitative estimate of drug-likeness (QED) is 0.451. The van der Waals surface area contributed by atoms with Crippen LogP contribution >= 0.6 is 0 Å². The van der Waals surface area contributed by atoms with Crippen molar-refractivity contribution in [2.45, 2.75) is 32.6 Å². The molecule has 0 N–H and O–H groups in total. The third-order valence-electron chi connectivity index (χ3n) is 4.93. The van der Waals surface area contributed by atoms with Gasteiger partial charge in [-0.25, -0.2) is 14.3 Å². The fourth-order valence-electron chi connectivity index (χ4n) is 3.51. The van der Waals surface area contributed by atoms with Crippen LogP contribution in [0.1, 0.15) is 59.3 Å². The van der Waals surface area contributed by atoms with Crippen LogP contribution < -0.4 is 0 Å². The summed E-state index contributed by atoms with van der Waals surface area (Å²) in [7, 11) is 0. The van der Waals surface area contributed by atoms with Crippen molar-refractivity contribution < 1.29 is 19.1 Å². The fraction of sp³-hybridized carbons (Fsp3) is 0.304. The number of hydrogen-bond acceptors (Lipinski definition) is 5. The van der Waals surface area contributed by atoms with E-state index in [9.17, 15) is 14.4 Å². The molecule has 2 aliphatic carbocycles. The highest BCUT2D eigenvalue weighted by atomic mass is 16.5. The molecule has 0 saturated carbocycles. The summed E-state index contributed by atoms with van der Waals surface area (Å²) in [5, 5.41) is 0. The number of carbonyl (C=O) groups excluding carboxylic acids is 3. The van der Waals surface area contributed by atoms with Gasteiger partial charge in [-0.3, -0.25) is 9.59 Å². The van der Waals surface area contributed by atoms with Crippen molar-refractivity contribution in [1.29, 1.82) is 0 Å². The molecule has 146 valence electrons. The number of hydrogen-bond donors (Lipinski definition) is 0. The molecule has 0 radical (unpaired) electrons. The summed E-state index contributed by atoms with van der Waals surface area (Å²) in [6.07, 6.45) is 4.86. The number of benzene rings is 1. The van der Waals surface area contributed by atoms with Gasteiger partial charge in [-0.2, -0.15) is 0 Å². The highest BCUT2D eigenvalue weighted by molar-refractivity contribution is 6.52. The third kappa shape index (κ3) is 3.29. The number of fused-ring (bicyclic) bond motifs is 3. The lowest BCUT2D eigenvalue weighted by Gasteiger charge is -2.16. The molecule has 6 nitrogen and oxygen atoms in total. The molecule has 0 aliphatic heterocycles. The summed E-state index contributed by atoms with van der Waals surface area (Å²) in [5.74, 6) is 4.74. The Morgan fingerprint density at radius 1 is 1.24 bits per heavy atom. The largest absolute Gasteiger partial charge is 0.447 e. The van der Waals surface area contributed by atoms with Crippen molar-refractivity contribution in [3.63, 3.8) is 0 Å². The first-order valence-electron chi connectivity index (χ1n) is 9.62. The van der Waals surface area contributed by atoms with E-state index in [0.29, 0.717) is 22.6 Å². The van der Waals surface area contributed by atoms with E-state index in [1.165, 1.54) is 0 Å². The first-order chi connectivity index (χ1) is 14.0. The standard InChI is InChI=1S/C23H20N2O4/c1-14(2)22-24-18-16-11-7-8-12-17(16)20(26)21(27)19(18)25(22)23(28)29-13-15-9-5-3-4-6-10-15/h5,7-9,11-12,14-15H,3-4,13H2,1-2H3. The number of rotatable bonds is 3. The van der Waals surface area contributed by atoms with Crippen LogP contribution in [0.3, 0.4) is 0 Å². The fourth-order valence-corrected chi connectivity index (χ4v) is 3.51. The van der Waals surface area contributed by atoms with Gasteiger partial charge in [0, 0.05) is 23.5 Å². The number of aromatic nitrogens is 2. The van der Waals surface area contributed by atoms with Gasteiger partial charge in [-0.05, 0) is 6.42 Å². The summed E-state index contributed by atoms with van der Waals surface area (Å²) in [6.45, 7) is 3.82. The van der Waals surface area contributed by atoms with Crippen LogP contribution in [0.25, 0.3) is 11.3 Å². The zero-order chi connectivity index (χ0) is 20.5. The minimum Gasteiger partial charge on any atom is -0.447 e. The van der Waals surface area contributed by atoms with E-state index in [1.807, 2.05) is 26.0 Å². The molecule has 2 aromatic rings. The highest BCUT2D eigenvalue weighted by Crippen LogP contribution is 2.35. The van der Waals surface area contributed by atoms with E-state index >= 15 is 0 Å². The summed E-state index contributed by atoms with van der Waals surface area (Å²) >= 11 is 0. The van der Waals surface area contributed by atoms with Gasteiger partial charge in [0.2, 0.25) is 5.78 Å². The SMILES string of the molecule is CC(C)c1nc2c(n1C(=O)OCC1C#CCCC=C1)C(=O)C(=O)c1ccccc1-2. The molecule has 0 bridgehead atoms. The lowest BCUT2D eigenvalue weighted by Crippen LogP contribution is -2.28. The monoisotopic (exact) mass is 388 g/mol. The molecule has 1 heterocycles. The zero-order valence-electron chi connectivity index (χ0n) is 16.3. The smallest absolute Gasteiger partial charge is 0.420 e. The number of ether oxygens (including phenoxy) is 1. The Kier molecular flexibility index (Phi) is 4.89. The van der Waals surface area contributed by atoms with Gasteiger partial charge in [0.25, 0.3) is 5.78 Å². The predicted molar refractivity (Wildman–Crippen MR) is 107 cm³/mol. The van der Waals surface area contributed by atoms with Gasteiger partial charge >= 0.3 is 6.09 Å². The average molecular weight is 388 g/mol. The summed E-state index contributed by atoms with van der Waals surface area (Å²) < 4.78 is 6.63. The van der Waals surface area contributed by atoms with Crippen LogP contribution in [0.5, 0.6) is 0 Å². The molecular formula is C23H20N2O4. The molecule has 2 aliphatic rings. The molecule has 0 fully saturated rings. The Morgan fingerprint density at radius 2 is 2.00 bits per heavy atom. The molecule has 0 spiro atoms. The Hall–Kier alpha value is -3.46. The zero-order valence-corrected chi connectivity index (χ0v) is 16.3. The first-order valence-corrected chi connectivity index (χ1v) is 9.62. The Labute approximate surface area is 168 Å². The molecule has 0 amide bonds. The molecule has 29 heavy (non-hydrogen) atoms. The van der Waals surface area contributed by atoms with Gasteiger partial charge in [-0.15, -0.1) is 5.92 Å². The number of ketones is 2. The second kappa shape index (κ2) is 7.51. The number of allylic oxidation sites excluding steroid dienone is 1. The van der Waals surface area contributed by atoms with Crippen LogP contribution in [-0.4, -0.2) is 33.8 Å². The minimum absolute atomic E-state index is 0.0232. The summed E-state index contributed by atoms with van der Waals surface area (Å²) in [5.41, 5.74) is 1.18. The van der Waals surface area contributed by atoms with Crippen molar-refractivity contribution >= 4 is 17.7 Å². The number of nitrogens with zero attached hydrogens (tertiary/aromatic N) is 2. The molecular weight excluding hydrogens is 368 g/mol. The lowest BCUT2D eigenvalue weighted by molar-refractivity contribution is 0.0807. The van der Waals surface area contributed by atoms with Crippen molar-refractivity contribution in [2.24, 2.45) is 5.92 Å². The Morgan fingerprint density at radius 3 is 2.76 bits per heavy atom. The van der Waals surface area contributed by atoms with Crippen molar-refractivity contribution in [3.05, 3.63) is 53.5 Å². The summed E-state index contributed by atoms with van der Waals surface area (Å²) in [6, 6.07) is 6.80. The highest BCUT2D eigenvalue weighted by Gasteiger charge is 2.38.